The Kier molecular flexibility index (Phi) is 4.45. The summed E-state index contributed by atoms with van der Waals surface area (Å²) in [5.74, 6) is 1.03. The molecule has 2 rings (SSSR count). The quantitative estimate of drug-likeness (QED) is 0.482. The van der Waals surface area contributed by atoms with Crippen molar-refractivity contribution in [3.05, 3.63) is 28.3 Å². The van der Waals surface area contributed by atoms with Crippen LogP contribution < -0.4 is 10.5 Å². The zero-order chi connectivity index (χ0) is 15.7. The van der Waals surface area contributed by atoms with E-state index in [1.807, 2.05) is 6.92 Å². The van der Waals surface area contributed by atoms with Gasteiger partial charge in [0.25, 0.3) is 5.69 Å². The van der Waals surface area contributed by atoms with E-state index < -0.39 is 14.9 Å². The molecule has 0 spiro atoms. The number of nitrogens with one attached hydrogen (secondary N) is 1. The number of hydrogen-bond acceptors (Lipinski definition) is 6. The zero-order valence-electron chi connectivity index (χ0n) is 11.5. The van der Waals surface area contributed by atoms with Crippen LogP contribution in [0.15, 0.2) is 23.1 Å². The molecule has 1 saturated heterocycles. The van der Waals surface area contributed by atoms with Crippen molar-refractivity contribution < 1.29 is 13.3 Å². The molecular weight excluding hydrogens is 314 g/mol. The van der Waals surface area contributed by atoms with E-state index in [1.54, 1.807) is 11.8 Å². The second-order valence-electron chi connectivity index (χ2n) is 5.20. The summed E-state index contributed by atoms with van der Waals surface area (Å²) in [6, 6.07) is 3.42. The summed E-state index contributed by atoms with van der Waals surface area (Å²) < 4.78 is 26.9. The summed E-state index contributed by atoms with van der Waals surface area (Å²) in [5.41, 5.74) is 5.06. The van der Waals surface area contributed by atoms with Gasteiger partial charge in [0, 0.05) is 17.4 Å². The van der Waals surface area contributed by atoms with E-state index in [0.717, 1.165) is 30.7 Å². The smallest absolute Gasteiger partial charge is 0.292 e. The van der Waals surface area contributed by atoms with Crippen molar-refractivity contribution in [2.75, 3.05) is 18.0 Å². The van der Waals surface area contributed by atoms with Gasteiger partial charge in [0.1, 0.15) is 5.69 Å². The minimum Gasteiger partial charge on any atom is -0.393 e. The first-order chi connectivity index (χ1) is 9.73. The number of benzene rings is 1. The Labute approximate surface area is 127 Å². The van der Waals surface area contributed by atoms with E-state index in [2.05, 4.69) is 4.72 Å². The van der Waals surface area contributed by atoms with E-state index in [9.17, 15) is 18.5 Å². The number of sulfonamides is 1. The van der Waals surface area contributed by atoms with Gasteiger partial charge in [0.2, 0.25) is 10.0 Å². The highest BCUT2D eigenvalue weighted by molar-refractivity contribution is 8.01. The van der Waals surface area contributed by atoms with Gasteiger partial charge in [-0.2, -0.15) is 11.8 Å². The van der Waals surface area contributed by atoms with E-state index in [0.29, 0.717) is 6.54 Å². The third-order valence-corrected chi connectivity index (χ3v) is 6.38. The number of nitro groups is 1. The van der Waals surface area contributed by atoms with E-state index in [-0.39, 0.29) is 21.0 Å². The maximum Gasteiger partial charge on any atom is 0.292 e. The average Bonchev–Trinajstić information content (AvgIpc) is 2.84. The van der Waals surface area contributed by atoms with Crippen LogP contribution in [0.5, 0.6) is 0 Å². The molecule has 1 aromatic rings. The molecule has 1 heterocycles. The lowest BCUT2D eigenvalue weighted by Crippen LogP contribution is -2.36. The Bertz CT molecular complexity index is 654. The molecule has 0 saturated carbocycles. The van der Waals surface area contributed by atoms with Crippen molar-refractivity contribution in [1.29, 1.82) is 0 Å². The standard InChI is InChI=1S/C12H17N3O4S2/c1-12(5-2-6-20-12)8-14-21(18,19)9-3-4-11(15(16)17)10(13)7-9/h3-4,7,14H,2,5-6,8,13H2,1H3. The third-order valence-electron chi connectivity index (χ3n) is 3.44. The number of nitrogen functional groups attached to an aromatic ring is 1. The van der Waals surface area contributed by atoms with Crippen LogP contribution in [0.1, 0.15) is 19.8 Å². The number of thioether (sulfide) groups is 1. The normalized spacial score (nSPS) is 22.3. The third kappa shape index (κ3) is 3.66. The largest absolute Gasteiger partial charge is 0.393 e. The molecule has 3 N–H and O–H groups in total. The first-order valence-electron chi connectivity index (χ1n) is 6.41. The molecule has 9 heteroatoms. The number of nitrogens with zero attached hydrogens (tertiary/aromatic N) is 1. The van der Waals surface area contributed by atoms with Crippen LogP contribution in [-0.2, 0) is 10.0 Å². The van der Waals surface area contributed by atoms with Crippen molar-refractivity contribution in [2.45, 2.75) is 29.4 Å². The van der Waals surface area contributed by atoms with E-state index in [1.165, 1.54) is 6.07 Å². The molecule has 0 bridgehead atoms. The van der Waals surface area contributed by atoms with Gasteiger partial charge in [-0.1, -0.05) is 0 Å². The first kappa shape index (κ1) is 16.1. The summed E-state index contributed by atoms with van der Waals surface area (Å²) in [6.45, 7) is 2.36. The van der Waals surface area contributed by atoms with E-state index in [4.69, 9.17) is 5.73 Å². The molecule has 0 aliphatic carbocycles. The van der Waals surface area contributed by atoms with Crippen LogP contribution in [0, 0.1) is 10.1 Å². The van der Waals surface area contributed by atoms with Gasteiger partial charge < -0.3 is 5.73 Å². The molecule has 1 aliphatic heterocycles. The maximum absolute atomic E-state index is 12.2. The van der Waals surface area contributed by atoms with Crippen LogP contribution in [-0.4, -0.2) is 30.4 Å². The van der Waals surface area contributed by atoms with Gasteiger partial charge in [-0.25, -0.2) is 13.1 Å². The lowest BCUT2D eigenvalue weighted by Gasteiger charge is -2.22. The van der Waals surface area contributed by atoms with Gasteiger partial charge in [-0.05, 0) is 37.7 Å². The zero-order valence-corrected chi connectivity index (χ0v) is 13.2. The minimum atomic E-state index is -3.72. The Balaban J connectivity index is 2.16. The fraction of sp³-hybridized carbons (Fsp3) is 0.500. The Morgan fingerprint density at radius 2 is 2.24 bits per heavy atom. The summed E-state index contributed by atoms with van der Waals surface area (Å²) in [5, 5.41) is 10.7. The first-order valence-corrected chi connectivity index (χ1v) is 8.88. The Hall–Kier alpha value is -1.32. The fourth-order valence-corrected chi connectivity index (χ4v) is 4.71. The number of nitro benzene ring substituents is 1. The van der Waals surface area contributed by atoms with Crippen molar-refractivity contribution in [3.8, 4) is 0 Å². The van der Waals surface area contributed by atoms with Crippen molar-refractivity contribution >= 4 is 33.2 Å². The van der Waals surface area contributed by atoms with Crippen LogP contribution in [0.3, 0.4) is 0 Å². The second-order valence-corrected chi connectivity index (χ2v) is 8.65. The summed E-state index contributed by atoms with van der Waals surface area (Å²) >= 11 is 1.75. The maximum atomic E-state index is 12.2. The molecular formula is C12H17N3O4S2. The molecule has 0 aromatic heterocycles. The van der Waals surface area contributed by atoms with Crippen LogP contribution in [0.4, 0.5) is 11.4 Å². The fourth-order valence-electron chi connectivity index (χ4n) is 2.17. The summed E-state index contributed by atoms with van der Waals surface area (Å²) in [4.78, 5) is 9.98. The van der Waals surface area contributed by atoms with E-state index >= 15 is 0 Å². The highest BCUT2D eigenvalue weighted by atomic mass is 32.2. The lowest BCUT2D eigenvalue weighted by molar-refractivity contribution is -0.383. The molecule has 21 heavy (non-hydrogen) atoms. The number of anilines is 1. The molecule has 1 atom stereocenters. The Morgan fingerprint density at radius 1 is 1.52 bits per heavy atom. The van der Waals surface area contributed by atoms with Crippen molar-refractivity contribution in [3.63, 3.8) is 0 Å². The molecule has 1 aliphatic rings. The Morgan fingerprint density at radius 3 is 2.76 bits per heavy atom. The van der Waals surface area contributed by atoms with Crippen LogP contribution in [0.2, 0.25) is 0 Å². The number of rotatable bonds is 5. The topological polar surface area (TPSA) is 115 Å². The summed E-state index contributed by atoms with van der Waals surface area (Å²) in [7, 11) is -3.72. The minimum absolute atomic E-state index is 0.0582. The molecule has 116 valence electrons. The lowest BCUT2D eigenvalue weighted by atomic mass is 10.1. The SMILES string of the molecule is CC1(CNS(=O)(=O)c2ccc([N+](=O)[O-])c(N)c2)CCCS1. The average molecular weight is 331 g/mol. The molecule has 7 nitrogen and oxygen atoms in total. The molecule has 1 fully saturated rings. The van der Waals surface area contributed by atoms with Crippen molar-refractivity contribution in [2.24, 2.45) is 0 Å². The molecule has 1 aromatic carbocycles. The van der Waals surface area contributed by atoms with Crippen LogP contribution in [0.25, 0.3) is 0 Å². The van der Waals surface area contributed by atoms with Gasteiger partial charge in [-0.3, -0.25) is 10.1 Å². The summed E-state index contributed by atoms with van der Waals surface area (Å²) in [6.07, 6.45) is 2.04. The highest BCUT2D eigenvalue weighted by Gasteiger charge is 2.31. The van der Waals surface area contributed by atoms with Crippen molar-refractivity contribution in [1.82, 2.24) is 4.72 Å². The van der Waals surface area contributed by atoms with Crippen LogP contribution >= 0.6 is 11.8 Å². The van der Waals surface area contributed by atoms with Gasteiger partial charge in [-0.15, -0.1) is 0 Å². The highest BCUT2D eigenvalue weighted by Crippen LogP contribution is 2.37. The monoisotopic (exact) mass is 331 g/mol. The predicted molar refractivity (Wildman–Crippen MR) is 82.8 cm³/mol. The van der Waals surface area contributed by atoms with Gasteiger partial charge >= 0.3 is 0 Å². The molecule has 0 amide bonds. The van der Waals surface area contributed by atoms with Gasteiger partial charge in [0.15, 0.2) is 0 Å². The second kappa shape index (κ2) is 5.82. The van der Waals surface area contributed by atoms with Gasteiger partial charge in [0.05, 0.1) is 9.82 Å². The number of hydrogen-bond donors (Lipinski definition) is 2. The predicted octanol–water partition coefficient (Wildman–Crippen LogP) is 1.74. The molecule has 1 unspecified atom stereocenters. The molecule has 0 radical (unpaired) electrons. The number of nitrogens with two attached hydrogens (primary N) is 1.